The van der Waals surface area contributed by atoms with E-state index in [4.69, 9.17) is 9.84 Å². The largest absolute Gasteiger partial charge is 0.494 e. The van der Waals surface area contributed by atoms with Gasteiger partial charge in [0.1, 0.15) is 17.8 Å². The van der Waals surface area contributed by atoms with Gasteiger partial charge < -0.3 is 15.2 Å². The van der Waals surface area contributed by atoms with Gasteiger partial charge in [-0.25, -0.2) is 0 Å². The fraction of sp³-hybridized carbons (Fsp3) is 0.438. The molecule has 1 aliphatic carbocycles. The van der Waals surface area contributed by atoms with E-state index in [0.29, 0.717) is 42.8 Å². The van der Waals surface area contributed by atoms with Crippen molar-refractivity contribution in [1.82, 2.24) is 20.2 Å². The van der Waals surface area contributed by atoms with E-state index in [0.717, 1.165) is 0 Å². The zero-order chi connectivity index (χ0) is 17.8. The highest BCUT2D eigenvalue weighted by atomic mass is 16.5. The predicted octanol–water partition coefficient (Wildman–Crippen LogP) is 1.50. The molecule has 0 unspecified atom stereocenters. The first kappa shape index (κ1) is 16.9. The van der Waals surface area contributed by atoms with Crippen LogP contribution in [0.25, 0.3) is 5.69 Å². The van der Waals surface area contributed by atoms with Crippen LogP contribution in [0.2, 0.25) is 0 Å². The normalized spacial score (nSPS) is 20.0. The number of carboxylic acid groups (broad SMARTS) is 1. The van der Waals surface area contributed by atoms with Crippen LogP contribution in [-0.4, -0.2) is 44.3 Å². The van der Waals surface area contributed by atoms with Gasteiger partial charge in [-0.1, -0.05) is 0 Å². The maximum atomic E-state index is 12.5. The quantitative estimate of drug-likeness (QED) is 0.842. The number of carboxylic acids is 1. The summed E-state index contributed by atoms with van der Waals surface area (Å²) >= 11 is 0. The van der Waals surface area contributed by atoms with E-state index >= 15 is 0 Å². The number of benzene rings is 1. The van der Waals surface area contributed by atoms with Crippen molar-refractivity contribution < 1.29 is 19.4 Å². The number of carbonyl (C=O) groups is 2. The number of rotatable bonds is 5. The molecular formula is C16H19N5O4. The maximum absolute atomic E-state index is 12.5. The second-order valence-corrected chi connectivity index (χ2v) is 6.02. The van der Waals surface area contributed by atoms with Gasteiger partial charge in [-0.3, -0.25) is 9.59 Å². The van der Waals surface area contributed by atoms with E-state index in [1.54, 1.807) is 25.3 Å². The van der Waals surface area contributed by atoms with Crippen LogP contribution in [0.3, 0.4) is 0 Å². The number of carbonyl (C=O) groups excluding carboxylic acids is 1. The standard InChI is InChI=1S/C16H19N5O4/c1-25-14-7-6-12(8-13(14)21-9-17-19-20-21)18-15(22)10-2-4-11(5-3-10)16(23)24/h6-11H,2-5H2,1H3,(H,18,22)(H,23,24). The van der Waals surface area contributed by atoms with Crippen LogP contribution in [0.15, 0.2) is 24.5 Å². The lowest BCUT2D eigenvalue weighted by molar-refractivity contribution is -0.143. The summed E-state index contributed by atoms with van der Waals surface area (Å²) in [5, 5.41) is 23.0. The van der Waals surface area contributed by atoms with E-state index in [2.05, 4.69) is 20.8 Å². The number of methoxy groups -OCH3 is 1. The second kappa shape index (κ2) is 7.29. The number of hydrogen-bond acceptors (Lipinski definition) is 6. The number of amides is 1. The summed E-state index contributed by atoms with van der Waals surface area (Å²) in [6, 6.07) is 5.21. The van der Waals surface area contributed by atoms with Gasteiger partial charge in [0.05, 0.1) is 13.0 Å². The number of ether oxygens (including phenoxy) is 1. The number of aliphatic carboxylic acids is 1. The van der Waals surface area contributed by atoms with E-state index < -0.39 is 5.97 Å². The average Bonchev–Trinajstić information content (AvgIpc) is 3.16. The van der Waals surface area contributed by atoms with Gasteiger partial charge >= 0.3 is 5.97 Å². The molecule has 0 radical (unpaired) electrons. The Bertz CT molecular complexity index is 754. The Hall–Kier alpha value is -2.97. The number of nitrogens with zero attached hydrogens (tertiary/aromatic N) is 4. The molecule has 0 aliphatic heterocycles. The molecule has 3 rings (SSSR count). The van der Waals surface area contributed by atoms with Crippen LogP contribution >= 0.6 is 0 Å². The number of anilines is 1. The Morgan fingerprint density at radius 3 is 2.56 bits per heavy atom. The summed E-state index contributed by atoms with van der Waals surface area (Å²) in [7, 11) is 1.54. The Labute approximate surface area is 144 Å². The first-order valence-corrected chi connectivity index (χ1v) is 8.03. The third-order valence-electron chi connectivity index (χ3n) is 4.49. The summed E-state index contributed by atoms with van der Waals surface area (Å²) in [4.78, 5) is 23.5. The van der Waals surface area contributed by atoms with Crippen LogP contribution in [0.4, 0.5) is 5.69 Å². The molecule has 1 aromatic heterocycles. The van der Waals surface area contributed by atoms with E-state index in [-0.39, 0.29) is 17.7 Å². The Balaban J connectivity index is 1.70. The van der Waals surface area contributed by atoms with Crippen LogP contribution in [0, 0.1) is 11.8 Å². The number of aromatic nitrogens is 4. The summed E-state index contributed by atoms with van der Waals surface area (Å²) in [6.45, 7) is 0. The van der Waals surface area contributed by atoms with E-state index in [1.165, 1.54) is 11.0 Å². The van der Waals surface area contributed by atoms with Gasteiger partial charge in [0.2, 0.25) is 5.91 Å². The maximum Gasteiger partial charge on any atom is 0.306 e. The van der Waals surface area contributed by atoms with E-state index in [1.807, 2.05) is 0 Å². The van der Waals surface area contributed by atoms with Crippen LogP contribution in [0.1, 0.15) is 25.7 Å². The SMILES string of the molecule is COc1ccc(NC(=O)C2CCC(C(=O)O)CC2)cc1-n1cnnn1. The molecule has 0 saturated heterocycles. The van der Waals surface area contributed by atoms with Crippen molar-refractivity contribution in [3.05, 3.63) is 24.5 Å². The molecule has 2 aromatic rings. The average molecular weight is 345 g/mol. The fourth-order valence-electron chi connectivity index (χ4n) is 3.07. The fourth-order valence-corrected chi connectivity index (χ4v) is 3.07. The molecule has 1 aromatic carbocycles. The molecule has 9 heteroatoms. The minimum Gasteiger partial charge on any atom is -0.494 e. The molecule has 1 aliphatic rings. The topological polar surface area (TPSA) is 119 Å². The Morgan fingerprint density at radius 2 is 1.96 bits per heavy atom. The molecule has 9 nitrogen and oxygen atoms in total. The molecule has 2 N–H and O–H groups in total. The smallest absolute Gasteiger partial charge is 0.306 e. The molecule has 1 amide bonds. The summed E-state index contributed by atoms with van der Waals surface area (Å²) in [6.07, 6.45) is 3.67. The molecule has 0 atom stereocenters. The third kappa shape index (κ3) is 3.76. The van der Waals surface area contributed by atoms with Crippen molar-refractivity contribution >= 4 is 17.6 Å². The van der Waals surface area contributed by atoms with Gasteiger partial charge in [-0.15, -0.1) is 5.10 Å². The third-order valence-corrected chi connectivity index (χ3v) is 4.49. The number of hydrogen-bond donors (Lipinski definition) is 2. The Kier molecular flexibility index (Phi) is 4.92. The van der Waals surface area contributed by atoms with Crippen molar-refractivity contribution in [2.45, 2.75) is 25.7 Å². The summed E-state index contributed by atoms with van der Waals surface area (Å²) in [5.74, 6) is -0.810. The molecule has 1 saturated carbocycles. The first-order chi connectivity index (χ1) is 12.1. The van der Waals surface area contributed by atoms with E-state index in [9.17, 15) is 9.59 Å². The van der Waals surface area contributed by atoms with Gasteiger partial charge in [0.25, 0.3) is 0 Å². The van der Waals surface area contributed by atoms with Crippen molar-refractivity contribution in [2.75, 3.05) is 12.4 Å². The minimum absolute atomic E-state index is 0.100. The highest BCUT2D eigenvalue weighted by Gasteiger charge is 2.29. The predicted molar refractivity (Wildman–Crippen MR) is 87.4 cm³/mol. The van der Waals surface area contributed by atoms with Gasteiger partial charge in [0.15, 0.2) is 0 Å². The summed E-state index contributed by atoms with van der Waals surface area (Å²) < 4.78 is 6.75. The zero-order valence-electron chi connectivity index (χ0n) is 13.8. The van der Waals surface area contributed by atoms with Crippen LogP contribution < -0.4 is 10.1 Å². The summed E-state index contributed by atoms with van der Waals surface area (Å²) in [5.41, 5.74) is 1.22. The van der Waals surface area contributed by atoms with Gasteiger partial charge in [0, 0.05) is 11.6 Å². The minimum atomic E-state index is -0.778. The second-order valence-electron chi connectivity index (χ2n) is 6.02. The lowest BCUT2D eigenvalue weighted by Gasteiger charge is -2.25. The molecule has 1 fully saturated rings. The van der Waals surface area contributed by atoms with Crippen molar-refractivity contribution in [1.29, 1.82) is 0 Å². The van der Waals surface area contributed by atoms with Crippen LogP contribution in [-0.2, 0) is 9.59 Å². The van der Waals surface area contributed by atoms with Crippen molar-refractivity contribution in [3.8, 4) is 11.4 Å². The van der Waals surface area contributed by atoms with Gasteiger partial charge in [-0.2, -0.15) is 4.68 Å². The Morgan fingerprint density at radius 1 is 1.24 bits per heavy atom. The lowest BCUT2D eigenvalue weighted by Crippen LogP contribution is -2.29. The number of tetrazole rings is 1. The lowest BCUT2D eigenvalue weighted by atomic mass is 9.81. The highest BCUT2D eigenvalue weighted by Crippen LogP contribution is 2.31. The van der Waals surface area contributed by atoms with Crippen LogP contribution in [0.5, 0.6) is 5.75 Å². The highest BCUT2D eigenvalue weighted by molar-refractivity contribution is 5.93. The molecule has 132 valence electrons. The molecule has 1 heterocycles. The number of nitrogens with one attached hydrogen (secondary N) is 1. The van der Waals surface area contributed by atoms with Gasteiger partial charge in [-0.05, 0) is 54.3 Å². The van der Waals surface area contributed by atoms with Crippen molar-refractivity contribution in [2.24, 2.45) is 11.8 Å². The van der Waals surface area contributed by atoms with Crippen molar-refractivity contribution in [3.63, 3.8) is 0 Å². The molecule has 0 spiro atoms. The first-order valence-electron chi connectivity index (χ1n) is 8.03. The molecule has 0 bridgehead atoms. The molecular weight excluding hydrogens is 326 g/mol. The molecule has 25 heavy (non-hydrogen) atoms. The zero-order valence-corrected chi connectivity index (χ0v) is 13.8. The monoisotopic (exact) mass is 345 g/mol.